The summed E-state index contributed by atoms with van der Waals surface area (Å²) in [5, 5.41) is 21.2. The van der Waals surface area contributed by atoms with Crippen LogP contribution in [0.1, 0.15) is 0 Å². The minimum Gasteiger partial charge on any atom is -0.480 e. The van der Waals surface area contributed by atoms with Gasteiger partial charge in [0.1, 0.15) is 6.54 Å². The van der Waals surface area contributed by atoms with E-state index in [0.29, 0.717) is 0 Å². The molecular weight excluding hydrogens is 224 g/mol. The maximum Gasteiger partial charge on any atom is 0.322 e. The lowest BCUT2D eigenvalue weighted by atomic mass is 10.3. The van der Waals surface area contributed by atoms with E-state index >= 15 is 0 Å². The van der Waals surface area contributed by atoms with Crippen LogP contribution in [0.3, 0.4) is 0 Å². The number of rotatable bonds is 7. The molecule has 1 amide bonds. The smallest absolute Gasteiger partial charge is 0.322 e. The second kappa shape index (κ2) is 7.07. The van der Waals surface area contributed by atoms with Gasteiger partial charge in [-0.1, -0.05) is 0 Å². The highest BCUT2D eigenvalue weighted by atomic mass is 32.1. The van der Waals surface area contributed by atoms with Crippen LogP contribution in [-0.2, 0) is 14.4 Å². The summed E-state index contributed by atoms with van der Waals surface area (Å²) in [7, 11) is 0. The largest absolute Gasteiger partial charge is 0.480 e. The van der Waals surface area contributed by atoms with E-state index in [2.05, 4.69) is 23.3 Å². The summed E-state index contributed by atoms with van der Waals surface area (Å²) in [4.78, 5) is 31.5. The van der Waals surface area contributed by atoms with Crippen LogP contribution in [0.25, 0.3) is 0 Å². The first-order valence-electron chi connectivity index (χ1n) is 4.03. The number of carbonyl (C=O) groups excluding carboxylic acids is 1. The second-order valence-corrected chi connectivity index (χ2v) is 2.99. The molecule has 0 aromatic rings. The summed E-state index contributed by atoms with van der Waals surface area (Å²) in [5.41, 5.74) is 0. The van der Waals surface area contributed by atoms with E-state index in [4.69, 9.17) is 10.2 Å². The number of nitrogens with one attached hydrogen (secondary N) is 2. The van der Waals surface area contributed by atoms with Crippen molar-refractivity contribution < 1.29 is 24.6 Å². The zero-order valence-electron chi connectivity index (χ0n) is 7.77. The van der Waals surface area contributed by atoms with Crippen LogP contribution in [0.4, 0.5) is 0 Å². The molecule has 0 heterocycles. The lowest BCUT2D eigenvalue weighted by Gasteiger charge is -2.13. The van der Waals surface area contributed by atoms with Crippen LogP contribution in [0.15, 0.2) is 0 Å². The van der Waals surface area contributed by atoms with Crippen molar-refractivity contribution in [2.75, 3.05) is 18.8 Å². The van der Waals surface area contributed by atoms with Crippen molar-refractivity contribution in [3.8, 4) is 0 Å². The van der Waals surface area contributed by atoms with Gasteiger partial charge >= 0.3 is 11.9 Å². The van der Waals surface area contributed by atoms with Gasteiger partial charge in [0.25, 0.3) is 0 Å². The molecule has 86 valence electrons. The molecule has 0 aliphatic carbocycles. The number of thiol groups is 1. The number of aliphatic carboxylic acids is 2. The molecule has 7 nitrogen and oxygen atoms in total. The molecule has 0 aliphatic heterocycles. The Bertz CT molecular complexity index is 258. The first-order chi connectivity index (χ1) is 6.97. The molecule has 0 aliphatic rings. The molecule has 0 unspecified atom stereocenters. The van der Waals surface area contributed by atoms with Gasteiger partial charge in [0.05, 0.1) is 12.6 Å². The van der Waals surface area contributed by atoms with E-state index < -0.39 is 30.4 Å². The summed E-state index contributed by atoms with van der Waals surface area (Å²) in [5.74, 6) is -2.78. The molecule has 0 aromatic carbocycles. The van der Waals surface area contributed by atoms with E-state index in [0.717, 1.165) is 0 Å². The predicted octanol–water partition coefficient (Wildman–Crippen LogP) is -1.84. The number of hydrogen-bond acceptors (Lipinski definition) is 5. The standard InChI is InChI=1S/C7H12N2O5S/c10-5(11)1-8-4(3-15)7(14)9-2-6(12)13/h4,8,15H,1-3H2,(H,9,14)(H,10,11)(H,12,13)/t4-/m1/s1. The minimum absolute atomic E-state index is 0.0821. The lowest BCUT2D eigenvalue weighted by Crippen LogP contribution is -2.48. The van der Waals surface area contributed by atoms with E-state index in [-0.39, 0.29) is 12.3 Å². The molecular formula is C7H12N2O5S. The van der Waals surface area contributed by atoms with Crippen molar-refractivity contribution in [2.24, 2.45) is 0 Å². The maximum atomic E-state index is 11.2. The quantitative estimate of drug-likeness (QED) is 0.332. The minimum atomic E-state index is -1.17. The van der Waals surface area contributed by atoms with Gasteiger partial charge in [0.15, 0.2) is 0 Å². The number of carboxylic acid groups (broad SMARTS) is 2. The molecule has 4 N–H and O–H groups in total. The van der Waals surface area contributed by atoms with Crippen molar-refractivity contribution in [3.05, 3.63) is 0 Å². The average molecular weight is 236 g/mol. The Hall–Kier alpha value is -1.28. The van der Waals surface area contributed by atoms with Gasteiger partial charge in [-0.2, -0.15) is 12.6 Å². The molecule has 8 heteroatoms. The molecule has 0 aromatic heterocycles. The van der Waals surface area contributed by atoms with Crippen molar-refractivity contribution >= 4 is 30.5 Å². The van der Waals surface area contributed by atoms with E-state index in [1.807, 2.05) is 0 Å². The third kappa shape index (κ3) is 6.75. The zero-order chi connectivity index (χ0) is 11.8. The maximum absolute atomic E-state index is 11.2. The number of amides is 1. The van der Waals surface area contributed by atoms with Crippen molar-refractivity contribution in [1.29, 1.82) is 0 Å². The summed E-state index contributed by atoms with van der Waals surface area (Å²) in [6, 6.07) is -0.816. The first kappa shape index (κ1) is 13.7. The molecule has 0 saturated carbocycles. The molecule has 0 rings (SSSR count). The highest BCUT2D eigenvalue weighted by Crippen LogP contribution is 1.88. The Morgan fingerprint density at radius 2 is 1.67 bits per heavy atom. The third-order valence-electron chi connectivity index (χ3n) is 1.41. The lowest BCUT2D eigenvalue weighted by molar-refractivity contribution is -0.139. The summed E-state index contributed by atoms with van der Waals surface area (Å²) >= 11 is 3.84. The Kier molecular flexibility index (Phi) is 6.47. The third-order valence-corrected chi connectivity index (χ3v) is 1.78. The second-order valence-electron chi connectivity index (χ2n) is 2.62. The normalized spacial score (nSPS) is 11.8. The number of hydrogen-bond donors (Lipinski definition) is 5. The van der Waals surface area contributed by atoms with Crippen molar-refractivity contribution in [2.45, 2.75) is 6.04 Å². The van der Waals surface area contributed by atoms with Gasteiger partial charge in [-0.05, 0) is 0 Å². The monoisotopic (exact) mass is 236 g/mol. The fourth-order valence-corrected chi connectivity index (χ4v) is 1.03. The Balaban J connectivity index is 3.98. The highest BCUT2D eigenvalue weighted by molar-refractivity contribution is 7.80. The first-order valence-corrected chi connectivity index (χ1v) is 4.66. The van der Waals surface area contributed by atoms with E-state index in [9.17, 15) is 14.4 Å². The molecule has 0 fully saturated rings. The predicted molar refractivity (Wildman–Crippen MR) is 53.9 cm³/mol. The number of carbonyl (C=O) groups is 3. The van der Waals surface area contributed by atoms with Crippen LogP contribution < -0.4 is 10.6 Å². The van der Waals surface area contributed by atoms with Gasteiger partial charge in [0.2, 0.25) is 5.91 Å². The summed E-state index contributed by atoms with van der Waals surface area (Å²) < 4.78 is 0. The number of carboxylic acids is 2. The Morgan fingerprint density at radius 1 is 1.13 bits per heavy atom. The average Bonchev–Trinajstić information content (AvgIpc) is 2.15. The summed E-state index contributed by atoms with van der Waals surface area (Å²) in [6.45, 7) is -0.885. The molecule has 15 heavy (non-hydrogen) atoms. The van der Waals surface area contributed by atoms with Gasteiger partial charge < -0.3 is 15.5 Å². The van der Waals surface area contributed by atoms with Crippen LogP contribution in [0.5, 0.6) is 0 Å². The van der Waals surface area contributed by atoms with Gasteiger partial charge in [-0.25, -0.2) is 0 Å². The molecule has 1 atom stereocenters. The Labute approximate surface area is 91.3 Å². The highest BCUT2D eigenvalue weighted by Gasteiger charge is 2.17. The zero-order valence-corrected chi connectivity index (χ0v) is 8.66. The molecule has 0 saturated heterocycles. The summed E-state index contributed by atoms with van der Waals surface area (Å²) in [6.07, 6.45) is 0. The van der Waals surface area contributed by atoms with Crippen molar-refractivity contribution in [1.82, 2.24) is 10.6 Å². The van der Waals surface area contributed by atoms with E-state index in [1.165, 1.54) is 0 Å². The molecule has 0 bridgehead atoms. The van der Waals surface area contributed by atoms with Crippen LogP contribution in [-0.4, -0.2) is 52.9 Å². The van der Waals surface area contributed by atoms with Crippen LogP contribution in [0.2, 0.25) is 0 Å². The Morgan fingerprint density at radius 3 is 2.07 bits per heavy atom. The molecule has 0 radical (unpaired) electrons. The fraction of sp³-hybridized carbons (Fsp3) is 0.571. The van der Waals surface area contributed by atoms with E-state index in [1.54, 1.807) is 0 Å². The topological polar surface area (TPSA) is 116 Å². The van der Waals surface area contributed by atoms with Gasteiger partial charge in [0, 0.05) is 5.75 Å². The van der Waals surface area contributed by atoms with Crippen molar-refractivity contribution in [3.63, 3.8) is 0 Å². The van der Waals surface area contributed by atoms with Gasteiger partial charge in [-0.15, -0.1) is 0 Å². The fourth-order valence-electron chi connectivity index (χ4n) is 0.737. The van der Waals surface area contributed by atoms with Crippen LogP contribution >= 0.6 is 12.6 Å². The molecule has 0 spiro atoms. The van der Waals surface area contributed by atoms with Crippen LogP contribution in [0, 0.1) is 0 Å². The van der Waals surface area contributed by atoms with Gasteiger partial charge in [-0.3, -0.25) is 19.7 Å². The SMILES string of the molecule is O=C(O)CNC(=O)[C@@H](CS)NCC(=O)O.